The fraction of sp³-hybridized carbons (Fsp3) is 0.625. The third-order valence-corrected chi connectivity index (χ3v) is 4.16. The maximum Gasteiger partial charge on any atom is 0.0302 e. The summed E-state index contributed by atoms with van der Waals surface area (Å²) >= 11 is 2.00. The highest BCUT2D eigenvalue weighted by Gasteiger charge is 2.09. The highest BCUT2D eigenvalue weighted by atomic mass is 32.2. The van der Waals surface area contributed by atoms with Crippen molar-refractivity contribution in [3.8, 4) is 0 Å². The van der Waals surface area contributed by atoms with Crippen LogP contribution in [0.4, 0.5) is 0 Å². The molecule has 0 aromatic heterocycles. The molecule has 0 heterocycles. The SMILES string of the molecule is CCCNC(C)c1ccccc1SCCC(C)C. The van der Waals surface area contributed by atoms with E-state index in [2.05, 4.69) is 57.3 Å². The summed E-state index contributed by atoms with van der Waals surface area (Å²) in [4.78, 5) is 1.44. The molecular formula is C16H27NS. The minimum absolute atomic E-state index is 0.452. The van der Waals surface area contributed by atoms with Crippen molar-refractivity contribution >= 4 is 11.8 Å². The van der Waals surface area contributed by atoms with Crippen molar-refractivity contribution in [3.05, 3.63) is 29.8 Å². The molecule has 0 radical (unpaired) electrons. The number of benzene rings is 1. The second kappa shape index (κ2) is 8.60. The van der Waals surface area contributed by atoms with Crippen LogP contribution in [-0.2, 0) is 0 Å². The van der Waals surface area contributed by atoms with E-state index in [9.17, 15) is 0 Å². The van der Waals surface area contributed by atoms with Gasteiger partial charge in [-0.2, -0.15) is 0 Å². The summed E-state index contributed by atoms with van der Waals surface area (Å²) in [5, 5.41) is 3.57. The second-order valence-corrected chi connectivity index (χ2v) is 6.38. The van der Waals surface area contributed by atoms with Crippen molar-refractivity contribution in [2.24, 2.45) is 5.92 Å². The first-order valence-electron chi connectivity index (χ1n) is 7.10. The number of rotatable bonds is 8. The lowest BCUT2D eigenvalue weighted by atomic mass is 10.1. The molecule has 0 spiro atoms. The van der Waals surface area contributed by atoms with Gasteiger partial charge >= 0.3 is 0 Å². The van der Waals surface area contributed by atoms with Gasteiger partial charge in [0.2, 0.25) is 0 Å². The molecule has 1 atom stereocenters. The molecule has 0 amide bonds. The normalized spacial score (nSPS) is 12.9. The van der Waals surface area contributed by atoms with Crippen LogP contribution < -0.4 is 5.32 Å². The molecule has 1 N–H and O–H groups in total. The number of nitrogens with one attached hydrogen (secondary N) is 1. The molecule has 0 bridgehead atoms. The fourth-order valence-corrected chi connectivity index (χ4v) is 3.24. The average Bonchev–Trinajstić information content (AvgIpc) is 2.36. The van der Waals surface area contributed by atoms with Crippen molar-refractivity contribution < 1.29 is 0 Å². The molecule has 0 aliphatic rings. The van der Waals surface area contributed by atoms with E-state index in [4.69, 9.17) is 0 Å². The van der Waals surface area contributed by atoms with Gasteiger partial charge in [-0.25, -0.2) is 0 Å². The summed E-state index contributed by atoms with van der Waals surface area (Å²) in [6.07, 6.45) is 2.47. The zero-order valence-electron chi connectivity index (χ0n) is 12.2. The van der Waals surface area contributed by atoms with Crippen LogP contribution in [0.1, 0.15) is 52.1 Å². The molecule has 1 aromatic carbocycles. The molecule has 18 heavy (non-hydrogen) atoms. The molecule has 1 aromatic rings. The van der Waals surface area contributed by atoms with Crippen molar-refractivity contribution in [2.75, 3.05) is 12.3 Å². The Balaban J connectivity index is 2.60. The number of thioether (sulfide) groups is 1. The van der Waals surface area contributed by atoms with Gasteiger partial charge in [0.05, 0.1) is 0 Å². The van der Waals surface area contributed by atoms with Gasteiger partial charge in [-0.3, -0.25) is 0 Å². The van der Waals surface area contributed by atoms with Crippen LogP contribution in [0.3, 0.4) is 0 Å². The molecule has 102 valence electrons. The van der Waals surface area contributed by atoms with Gasteiger partial charge in [-0.1, -0.05) is 39.0 Å². The molecule has 1 unspecified atom stereocenters. The Morgan fingerprint density at radius 1 is 1.17 bits per heavy atom. The third kappa shape index (κ3) is 5.45. The van der Waals surface area contributed by atoms with Gasteiger partial charge in [0.15, 0.2) is 0 Å². The third-order valence-electron chi connectivity index (χ3n) is 3.04. The maximum absolute atomic E-state index is 3.57. The number of hydrogen-bond donors (Lipinski definition) is 1. The largest absolute Gasteiger partial charge is 0.310 e. The minimum Gasteiger partial charge on any atom is -0.310 e. The van der Waals surface area contributed by atoms with Crippen LogP contribution in [-0.4, -0.2) is 12.3 Å². The minimum atomic E-state index is 0.452. The molecule has 0 saturated carbocycles. The van der Waals surface area contributed by atoms with E-state index in [-0.39, 0.29) is 0 Å². The Morgan fingerprint density at radius 3 is 2.56 bits per heavy atom. The molecule has 0 saturated heterocycles. The van der Waals surface area contributed by atoms with Crippen LogP contribution in [0.15, 0.2) is 29.2 Å². The second-order valence-electron chi connectivity index (χ2n) is 5.24. The first-order valence-corrected chi connectivity index (χ1v) is 8.08. The van der Waals surface area contributed by atoms with E-state index in [1.54, 1.807) is 0 Å². The van der Waals surface area contributed by atoms with Crippen LogP contribution in [0, 0.1) is 5.92 Å². The Morgan fingerprint density at radius 2 is 1.89 bits per heavy atom. The summed E-state index contributed by atoms with van der Waals surface area (Å²) in [6, 6.07) is 9.25. The lowest BCUT2D eigenvalue weighted by molar-refractivity contribution is 0.563. The predicted octanol–water partition coefficient (Wildman–Crippen LogP) is 4.89. The Hall–Kier alpha value is -0.470. The summed E-state index contributed by atoms with van der Waals surface area (Å²) in [5.41, 5.74) is 1.44. The van der Waals surface area contributed by atoms with Crippen LogP contribution in [0.5, 0.6) is 0 Å². The Bertz CT molecular complexity index is 336. The highest BCUT2D eigenvalue weighted by Crippen LogP contribution is 2.28. The monoisotopic (exact) mass is 265 g/mol. The van der Waals surface area contributed by atoms with Crippen molar-refractivity contribution in [2.45, 2.75) is 51.5 Å². The standard InChI is InChI=1S/C16H27NS/c1-5-11-17-14(4)15-8-6-7-9-16(15)18-12-10-13(2)3/h6-9,13-14,17H,5,10-12H2,1-4H3. The van der Waals surface area contributed by atoms with E-state index in [1.165, 1.54) is 29.1 Å². The molecule has 0 fully saturated rings. The number of hydrogen-bond acceptors (Lipinski definition) is 2. The average molecular weight is 265 g/mol. The van der Waals surface area contributed by atoms with Gasteiger partial charge in [0, 0.05) is 10.9 Å². The van der Waals surface area contributed by atoms with Crippen LogP contribution >= 0.6 is 11.8 Å². The van der Waals surface area contributed by atoms with E-state index in [1.807, 2.05) is 11.8 Å². The maximum atomic E-state index is 3.57. The topological polar surface area (TPSA) is 12.0 Å². The molecule has 0 aliphatic carbocycles. The summed E-state index contributed by atoms with van der Waals surface area (Å²) in [7, 11) is 0. The van der Waals surface area contributed by atoms with Crippen molar-refractivity contribution in [1.82, 2.24) is 5.32 Å². The van der Waals surface area contributed by atoms with Crippen LogP contribution in [0.25, 0.3) is 0 Å². The zero-order valence-corrected chi connectivity index (χ0v) is 13.0. The van der Waals surface area contributed by atoms with Gasteiger partial charge in [0.1, 0.15) is 0 Å². The molecule has 2 heteroatoms. The fourth-order valence-electron chi connectivity index (χ4n) is 1.85. The lowest BCUT2D eigenvalue weighted by Gasteiger charge is -2.17. The van der Waals surface area contributed by atoms with E-state index >= 15 is 0 Å². The van der Waals surface area contributed by atoms with Crippen molar-refractivity contribution in [1.29, 1.82) is 0 Å². The Kier molecular flexibility index (Phi) is 7.45. The van der Waals surface area contributed by atoms with Crippen molar-refractivity contribution in [3.63, 3.8) is 0 Å². The van der Waals surface area contributed by atoms with Gasteiger partial charge < -0.3 is 5.32 Å². The Labute approximate surface area is 117 Å². The molecule has 0 aliphatic heterocycles. The first-order chi connectivity index (χ1) is 8.65. The molecule has 1 nitrogen and oxygen atoms in total. The summed E-state index contributed by atoms with van der Waals surface area (Å²) in [6.45, 7) is 10.1. The zero-order chi connectivity index (χ0) is 13.4. The quantitative estimate of drug-likeness (QED) is 0.672. The summed E-state index contributed by atoms with van der Waals surface area (Å²) in [5.74, 6) is 2.01. The van der Waals surface area contributed by atoms with Crippen LogP contribution in [0.2, 0.25) is 0 Å². The highest BCUT2D eigenvalue weighted by molar-refractivity contribution is 7.99. The van der Waals surface area contributed by atoms with E-state index < -0.39 is 0 Å². The molecular weight excluding hydrogens is 238 g/mol. The van der Waals surface area contributed by atoms with E-state index in [0.29, 0.717) is 6.04 Å². The predicted molar refractivity (Wildman–Crippen MR) is 83.3 cm³/mol. The smallest absolute Gasteiger partial charge is 0.0302 e. The summed E-state index contributed by atoms with van der Waals surface area (Å²) < 4.78 is 0. The lowest BCUT2D eigenvalue weighted by Crippen LogP contribution is -2.19. The molecule has 1 rings (SSSR count). The van der Waals surface area contributed by atoms with E-state index in [0.717, 1.165) is 12.5 Å². The van der Waals surface area contributed by atoms with Gasteiger partial charge in [-0.05, 0) is 49.6 Å². The first kappa shape index (κ1) is 15.6. The van der Waals surface area contributed by atoms with Gasteiger partial charge in [0.25, 0.3) is 0 Å². The van der Waals surface area contributed by atoms with Gasteiger partial charge in [-0.15, -0.1) is 11.8 Å².